The largest absolute Gasteiger partial charge is 0.415 e. The molecule has 116 valence electrons. The maximum absolute atomic E-state index is 12.6. The summed E-state index contributed by atoms with van der Waals surface area (Å²) >= 11 is 0. The Balaban J connectivity index is 2.45. The van der Waals surface area contributed by atoms with Gasteiger partial charge in [-0.3, -0.25) is 9.20 Å². The Morgan fingerprint density at radius 2 is 2.14 bits per heavy atom. The Labute approximate surface area is 123 Å². The van der Waals surface area contributed by atoms with Crippen molar-refractivity contribution in [2.75, 3.05) is 0 Å². The normalized spacial score (nSPS) is 11.7. The molecule has 0 aliphatic carbocycles. The second-order valence-electron chi connectivity index (χ2n) is 4.90. The molecule has 1 N–H and O–H groups in total. The summed E-state index contributed by atoms with van der Waals surface area (Å²) in [4.78, 5) is 22.8. The Morgan fingerprint density at radius 3 is 2.82 bits per heavy atom. The van der Waals surface area contributed by atoms with E-state index in [4.69, 9.17) is 0 Å². The number of hydrogen-bond donors (Lipinski definition) is 1. The molecule has 0 aliphatic heterocycles. The van der Waals surface area contributed by atoms with Crippen molar-refractivity contribution in [3.8, 4) is 5.88 Å². The topological polar surface area (TPSA) is 72.3 Å². The number of halogens is 2. The quantitative estimate of drug-likeness (QED) is 0.803. The lowest BCUT2D eigenvalue weighted by Gasteiger charge is -2.10. The van der Waals surface area contributed by atoms with Gasteiger partial charge < -0.3 is 9.72 Å². The first-order valence-corrected chi connectivity index (χ1v) is 6.87. The summed E-state index contributed by atoms with van der Waals surface area (Å²) in [5, 5.41) is 0. The van der Waals surface area contributed by atoms with Crippen LogP contribution in [0.4, 0.5) is 8.78 Å². The molecule has 3 aromatic heterocycles. The molecule has 8 heteroatoms. The fourth-order valence-corrected chi connectivity index (χ4v) is 2.52. The van der Waals surface area contributed by atoms with Crippen LogP contribution in [0.25, 0.3) is 16.7 Å². The highest BCUT2D eigenvalue weighted by Gasteiger charge is 2.20. The predicted octanol–water partition coefficient (Wildman–Crippen LogP) is 2.43. The van der Waals surface area contributed by atoms with E-state index in [1.54, 1.807) is 11.3 Å². The summed E-state index contributed by atoms with van der Waals surface area (Å²) in [5.41, 5.74) is 1.36. The van der Waals surface area contributed by atoms with Gasteiger partial charge in [0.25, 0.3) is 0 Å². The third-order valence-corrected chi connectivity index (χ3v) is 3.32. The number of H-pyrrole nitrogens is 1. The molecule has 0 spiro atoms. The summed E-state index contributed by atoms with van der Waals surface area (Å²) in [6.45, 7) is 0.695. The number of rotatable bonds is 4. The van der Waals surface area contributed by atoms with Crippen molar-refractivity contribution in [1.82, 2.24) is 19.4 Å². The average molecular weight is 308 g/mol. The van der Waals surface area contributed by atoms with E-state index in [2.05, 4.69) is 19.7 Å². The first-order chi connectivity index (χ1) is 10.5. The number of nitrogens with zero attached hydrogens (tertiary/aromatic N) is 3. The molecule has 6 nitrogen and oxygen atoms in total. The minimum absolute atomic E-state index is 0.193. The van der Waals surface area contributed by atoms with Crippen LogP contribution in [-0.4, -0.2) is 26.0 Å². The lowest BCUT2D eigenvalue weighted by molar-refractivity contribution is -0.0517. The monoisotopic (exact) mass is 308 g/mol. The summed E-state index contributed by atoms with van der Waals surface area (Å²) in [7, 11) is 0. The molecule has 0 saturated heterocycles. The number of ether oxygens (including phenoxy) is 1. The lowest BCUT2D eigenvalue weighted by atomic mass is 10.3. The minimum Gasteiger partial charge on any atom is -0.415 e. The van der Waals surface area contributed by atoms with Gasteiger partial charge in [-0.2, -0.15) is 8.78 Å². The first-order valence-electron chi connectivity index (χ1n) is 6.87. The molecule has 0 aliphatic rings. The molecule has 0 fully saturated rings. The fraction of sp³-hybridized carbons (Fsp3) is 0.357. The van der Waals surface area contributed by atoms with Crippen LogP contribution in [0.2, 0.25) is 0 Å². The third-order valence-electron chi connectivity index (χ3n) is 3.32. The highest BCUT2D eigenvalue weighted by Crippen LogP contribution is 2.27. The predicted molar refractivity (Wildman–Crippen MR) is 76.5 cm³/mol. The Hall–Kier alpha value is -2.51. The molecular formula is C14H14F2N4O2. The Kier molecular flexibility index (Phi) is 3.51. The standard InChI is InChI=1S/C14H14F2N4O2/c1-3-4-9-17-7(2)11-13(22-14(15)16)18-8-5-6-10(21)19-12(8)20(9)11/h5-6,14H,3-4H2,1-2H3,(H,19,21). The number of pyridine rings is 1. The van der Waals surface area contributed by atoms with Crippen LogP contribution >= 0.6 is 0 Å². The van der Waals surface area contributed by atoms with Crippen molar-refractivity contribution in [1.29, 1.82) is 0 Å². The summed E-state index contributed by atoms with van der Waals surface area (Å²) in [5.74, 6) is 0.477. The maximum atomic E-state index is 12.6. The van der Waals surface area contributed by atoms with Crippen LogP contribution in [0, 0.1) is 6.92 Å². The molecule has 0 bridgehead atoms. The van der Waals surface area contributed by atoms with Gasteiger partial charge in [0.05, 0.1) is 5.69 Å². The molecule has 3 heterocycles. The molecule has 22 heavy (non-hydrogen) atoms. The average Bonchev–Trinajstić information content (AvgIpc) is 2.77. The summed E-state index contributed by atoms with van der Waals surface area (Å²) in [6, 6.07) is 2.76. The van der Waals surface area contributed by atoms with E-state index >= 15 is 0 Å². The zero-order chi connectivity index (χ0) is 15.9. The number of aryl methyl sites for hydroxylation is 2. The molecule has 0 aromatic carbocycles. The third kappa shape index (κ3) is 2.30. The van der Waals surface area contributed by atoms with E-state index in [0.29, 0.717) is 34.6 Å². The molecular weight excluding hydrogens is 294 g/mol. The number of alkyl halides is 2. The van der Waals surface area contributed by atoms with E-state index in [9.17, 15) is 13.6 Å². The molecule has 0 amide bonds. The van der Waals surface area contributed by atoms with Crippen LogP contribution in [0.15, 0.2) is 16.9 Å². The zero-order valence-electron chi connectivity index (χ0n) is 12.1. The SMILES string of the molecule is CCCc1nc(C)c2c(OC(F)F)nc3ccc(=O)[nH]c3n12. The lowest BCUT2D eigenvalue weighted by Crippen LogP contribution is -2.11. The first kappa shape index (κ1) is 14.4. The van der Waals surface area contributed by atoms with Gasteiger partial charge in [-0.25, -0.2) is 9.97 Å². The smallest absolute Gasteiger partial charge is 0.388 e. The van der Waals surface area contributed by atoms with Gasteiger partial charge in [0.15, 0.2) is 0 Å². The van der Waals surface area contributed by atoms with Crippen LogP contribution in [0.3, 0.4) is 0 Å². The van der Waals surface area contributed by atoms with Gasteiger partial charge >= 0.3 is 6.61 Å². The zero-order valence-corrected chi connectivity index (χ0v) is 12.1. The van der Waals surface area contributed by atoms with Gasteiger partial charge in [-0.1, -0.05) is 6.92 Å². The van der Waals surface area contributed by atoms with Crippen molar-refractivity contribution in [3.05, 3.63) is 34.0 Å². The number of fused-ring (bicyclic) bond motifs is 3. The molecule has 0 atom stereocenters. The summed E-state index contributed by atoms with van der Waals surface area (Å²) in [6.07, 6.45) is 1.46. The molecule has 3 rings (SSSR count). The van der Waals surface area contributed by atoms with Gasteiger partial charge in [-0.15, -0.1) is 0 Å². The number of hydrogen-bond acceptors (Lipinski definition) is 4. The second-order valence-corrected chi connectivity index (χ2v) is 4.90. The highest BCUT2D eigenvalue weighted by atomic mass is 19.3. The van der Waals surface area contributed by atoms with Crippen molar-refractivity contribution < 1.29 is 13.5 Å². The molecule has 3 aromatic rings. The van der Waals surface area contributed by atoms with E-state index in [1.165, 1.54) is 12.1 Å². The molecule has 0 saturated carbocycles. The van der Waals surface area contributed by atoms with Crippen molar-refractivity contribution in [3.63, 3.8) is 0 Å². The number of aromatic nitrogens is 4. The minimum atomic E-state index is -2.99. The van der Waals surface area contributed by atoms with Crippen molar-refractivity contribution in [2.24, 2.45) is 0 Å². The number of imidazole rings is 1. The van der Waals surface area contributed by atoms with E-state index in [0.717, 1.165) is 6.42 Å². The Morgan fingerprint density at radius 1 is 1.36 bits per heavy atom. The van der Waals surface area contributed by atoms with Crippen LogP contribution in [-0.2, 0) is 6.42 Å². The van der Waals surface area contributed by atoms with Gasteiger partial charge in [0.2, 0.25) is 11.4 Å². The van der Waals surface area contributed by atoms with Crippen LogP contribution < -0.4 is 10.3 Å². The fourth-order valence-electron chi connectivity index (χ4n) is 2.52. The van der Waals surface area contributed by atoms with Crippen molar-refractivity contribution in [2.45, 2.75) is 33.3 Å². The maximum Gasteiger partial charge on any atom is 0.388 e. The molecule has 0 unspecified atom stereocenters. The second kappa shape index (κ2) is 5.36. The van der Waals surface area contributed by atoms with Gasteiger partial charge in [-0.05, 0) is 19.4 Å². The van der Waals surface area contributed by atoms with Gasteiger partial charge in [0.1, 0.15) is 22.5 Å². The van der Waals surface area contributed by atoms with Crippen LogP contribution in [0.5, 0.6) is 5.88 Å². The Bertz CT molecular complexity index is 901. The molecule has 0 radical (unpaired) electrons. The van der Waals surface area contributed by atoms with Crippen molar-refractivity contribution >= 4 is 16.7 Å². The number of nitrogens with one attached hydrogen (secondary N) is 1. The van der Waals surface area contributed by atoms with Gasteiger partial charge in [0, 0.05) is 12.5 Å². The number of aromatic amines is 1. The summed E-state index contributed by atoms with van der Waals surface area (Å²) < 4.78 is 31.5. The van der Waals surface area contributed by atoms with Crippen LogP contribution in [0.1, 0.15) is 24.9 Å². The van der Waals surface area contributed by atoms with E-state index in [1.807, 2.05) is 6.92 Å². The highest BCUT2D eigenvalue weighted by molar-refractivity contribution is 5.79. The van der Waals surface area contributed by atoms with E-state index in [-0.39, 0.29) is 11.4 Å². The van der Waals surface area contributed by atoms with E-state index < -0.39 is 6.61 Å².